The fraction of sp³-hybridized carbons (Fsp3) is 0. The Bertz CT molecular complexity index is 3140. The maximum Gasteiger partial charge on any atom is 0.238 e. The van der Waals surface area contributed by atoms with Crippen LogP contribution in [-0.2, 0) is 0 Å². The van der Waals surface area contributed by atoms with E-state index in [0.717, 1.165) is 77.0 Å². The van der Waals surface area contributed by atoms with E-state index < -0.39 is 0 Å². The third-order valence-corrected chi connectivity index (χ3v) is 9.98. The second-order valence-corrected chi connectivity index (χ2v) is 12.9. The molecule has 0 amide bonds. The molecule has 6 heteroatoms. The second-order valence-electron chi connectivity index (χ2n) is 12.9. The van der Waals surface area contributed by atoms with Crippen LogP contribution in [0.5, 0.6) is 0 Å². The summed E-state index contributed by atoms with van der Waals surface area (Å²) in [5.74, 6) is 1.73. The number of hydrogen-bond donors (Lipinski definition) is 0. The van der Waals surface area contributed by atoms with Crippen molar-refractivity contribution in [1.82, 2.24) is 24.1 Å². The SMILES string of the molecule is c1ccc(-c2nc(-c3ccc4c(c3)c3ccccc3n4-c3ccccc3)nc(-n3c4ccccc4c4ccc5c6ccccc6oc5c43)n2)cc1. The number of rotatable bonds is 4. The van der Waals surface area contributed by atoms with Crippen LogP contribution in [0.25, 0.3) is 100.0 Å². The monoisotopic (exact) mass is 653 g/mol. The summed E-state index contributed by atoms with van der Waals surface area (Å²) >= 11 is 0. The van der Waals surface area contributed by atoms with Gasteiger partial charge in [-0.15, -0.1) is 0 Å². The summed E-state index contributed by atoms with van der Waals surface area (Å²) in [6.07, 6.45) is 0. The molecule has 0 bridgehead atoms. The molecule has 0 radical (unpaired) electrons. The van der Waals surface area contributed by atoms with Gasteiger partial charge in [-0.1, -0.05) is 109 Å². The van der Waals surface area contributed by atoms with Crippen LogP contribution in [0.2, 0.25) is 0 Å². The molecule has 0 fully saturated rings. The number of aromatic nitrogens is 5. The first-order valence-corrected chi connectivity index (χ1v) is 17.0. The molecule has 0 unspecified atom stereocenters. The van der Waals surface area contributed by atoms with Crippen LogP contribution in [0.15, 0.2) is 168 Å². The lowest BCUT2D eigenvalue weighted by Crippen LogP contribution is -2.06. The van der Waals surface area contributed by atoms with Crippen LogP contribution < -0.4 is 0 Å². The van der Waals surface area contributed by atoms with Gasteiger partial charge in [-0.2, -0.15) is 9.97 Å². The summed E-state index contributed by atoms with van der Waals surface area (Å²) in [6, 6.07) is 56.7. The molecule has 6 nitrogen and oxygen atoms in total. The van der Waals surface area contributed by atoms with Crippen molar-refractivity contribution in [2.45, 2.75) is 0 Å². The number of nitrogens with zero attached hydrogens (tertiary/aromatic N) is 5. The van der Waals surface area contributed by atoms with Crippen molar-refractivity contribution in [2.75, 3.05) is 0 Å². The molecule has 0 atom stereocenters. The molecule has 0 aliphatic heterocycles. The maximum absolute atomic E-state index is 6.62. The van der Waals surface area contributed by atoms with Crippen LogP contribution >= 0.6 is 0 Å². The van der Waals surface area contributed by atoms with Crippen LogP contribution in [-0.4, -0.2) is 24.1 Å². The quantitative estimate of drug-likeness (QED) is 0.190. The van der Waals surface area contributed by atoms with Crippen LogP contribution in [0, 0.1) is 0 Å². The molecule has 11 rings (SSSR count). The molecular weight excluding hydrogens is 627 g/mol. The van der Waals surface area contributed by atoms with E-state index in [9.17, 15) is 0 Å². The third kappa shape index (κ3) is 4.14. The minimum Gasteiger partial charge on any atom is -0.454 e. The minimum absolute atomic E-state index is 0.532. The van der Waals surface area contributed by atoms with E-state index in [4.69, 9.17) is 19.4 Å². The zero-order valence-corrected chi connectivity index (χ0v) is 27.2. The average molecular weight is 654 g/mol. The van der Waals surface area contributed by atoms with Crippen LogP contribution in [0.1, 0.15) is 0 Å². The summed E-state index contributed by atoms with van der Waals surface area (Å²) in [5, 5.41) is 6.63. The van der Waals surface area contributed by atoms with Crippen molar-refractivity contribution in [3.05, 3.63) is 164 Å². The molecule has 0 N–H and O–H groups in total. The van der Waals surface area contributed by atoms with Gasteiger partial charge in [-0.05, 0) is 54.6 Å². The van der Waals surface area contributed by atoms with E-state index in [2.05, 4.69) is 130 Å². The van der Waals surface area contributed by atoms with Gasteiger partial charge in [-0.25, -0.2) is 4.98 Å². The molecule has 51 heavy (non-hydrogen) atoms. The van der Waals surface area contributed by atoms with E-state index in [0.29, 0.717) is 17.6 Å². The fourth-order valence-corrected chi connectivity index (χ4v) is 7.72. The van der Waals surface area contributed by atoms with E-state index >= 15 is 0 Å². The molecular formula is C45H27N5O. The van der Waals surface area contributed by atoms with E-state index in [-0.39, 0.29) is 0 Å². The highest BCUT2D eigenvalue weighted by molar-refractivity contribution is 6.21. The Kier molecular flexibility index (Phi) is 5.86. The van der Waals surface area contributed by atoms with Gasteiger partial charge in [0.25, 0.3) is 0 Å². The van der Waals surface area contributed by atoms with Crippen molar-refractivity contribution in [1.29, 1.82) is 0 Å². The summed E-state index contributed by atoms with van der Waals surface area (Å²) in [5.41, 5.74) is 8.81. The predicted molar refractivity (Wildman–Crippen MR) is 207 cm³/mol. The van der Waals surface area contributed by atoms with E-state index in [1.54, 1.807) is 0 Å². The Balaban J connectivity index is 1.21. The lowest BCUT2D eigenvalue weighted by molar-refractivity contribution is 0.670. The standard InChI is InChI=1S/C45H27N5O/c1-3-13-28(14-4-1)43-46-44(29-23-26-39-36(27-29)32-18-8-10-20-37(32)49(39)30-15-5-2-6-16-30)48-45(47-43)50-38-21-11-7-17-31(38)34-24-25-35-33-19-9-12-22-40(33)51-42(35)41(34)50/h1-27H. The molecule has 238 valence electrons. The van der Waals surface area contributed by atoms with E-state index in [1.165, 1.54) is 5.39 Å². The minimum atomic E-state index is 0.532. The van der Waals surface area contributed by atoms with Crippen molar-refractivity contribution < 1.29 is 4.42 Å². The molecule has 11 aromatic rings. The summed E-state index contributed by atoms with van der Waals surface area (Å²) < 4.78 is 11.1. The zero-order valence-electron chi connectivity index (χ0n) is 27.2. The highest BCUT2D eigenvalue weighted by Gasteiger charge is 2.22. The Morgan fingerprint density at radius 1 is 0.392 bits per heavy atom. The van der Waals surface area contributed by atoms with Gasteiger partial charge < -0.3 is 8.98 Å². The Hall–Kier alpha value is -7.05. The normalized spacial score (nSPS) is 11.9. The highest BCUT2D eigenvalue weighted by atomic mass is 16.3. The van der Waals surface area contributed by atoms with Crippen LogP contribution in [0.4, 0.5) is 0 Å². The second kappa shape index (κ2) is 10.7. The molecule has 0 aliphatic carbocycles. The van der Waals surface area contributed by atoms with Crippen molar-refractivity contribution >= 4 is 65.6 Å². The van der Waals surface area contributed by atoms with Gasteiger partial charge in [0.15, 0.2) is 17.2 Å². The van der Waals surface area contributed by atoms with Crippen LogP contribution in [0.3, 0.4) is 0 Å². The average Bonchev–Trinajstić information content (AvgIpc) is 3.86. The summed E-state index contributed by atoms with van der Waals surface area (Å²) in [4.78, 5) is 15.6. The predicted octanol–water partition coefficient (Wildman–Crippen LogP) is 11.3. The summed E-state index contributed by atoms with van der Waals surface area (Å²) in [7, 11) is 0. The van der Waals surface area contributed by atoms with Crippen molar-refractivity contribution in [2.24, 2.45) is 0 Å². The smallest absolute Gasteiger partial charge is 0.238 e. The van der Waals surface area contributed by atoms with Gasteiger partial charge >= 0.3 is 0 Å². The summed E-state index contributed by atoms with van der Waals surface area (Å²) in [6.45, 7) is 0. The lowest BCUT2D eigenvalue weighted by Gasteiger charge is -2.11. The largest absolute Gasteiger partial charge is 0.454 e. The molecule has 7 aromatic carbocycles. The van der Waals surface area contributed by atoms with Gasteiger partial charge in [0.1, 0.15) is 11.1 Å². The first-order valence-electron chi connectivity index (χ1n) is 17.0. The first-order chi connectivity index (χ1) is 25.3. The van der Waals surface area contributed by atoms with Gasteiger partial charge in [0.2, 0.25) is 5.95 Å². The maximum atomic E-state index is 6.62. The molecule has 0 spiro atoms. The highest BCUT2D eigenvalue weighted by Crippen LogP contribution is 2.40. The lowest BCUT2D eigenvalue weighted by atomic mass is 10.1. The molecule has 4 heterocycles. The topological polar surface area (TPSA) is 61.7 Å². The molecule has 0 aliphatic rings. The third-order valence-electron chi connectivity index (χ3n) is 9.98. The molecule has 0 saturated carbocycles. The van der Waals surface area contributed by atoms with Gasteiger partial charge in [0, 0.05) is 49.1 Å². The Morgan fingerprint density at radius 2 is 0.980 bits per heavy atom. The van der Waals surface area contributed by atoms with Crippen molar-refractivity contribution in [3.63, 3.8) is 0 Å². The molecule has 4 aromatic heterocycles. The number of hydrogen-bond acceptors (Lipinski definition) is 4. The van der Waals surface area contributed by atoms with E-state index in [1.807, 2.05) is 42.5 Å². The van der Waals surface area contributed by atoms with Gasteiger partial charge in [0.05, 0.1) is 16.6 Å². The van der Waals surface area contributed by atoms with Gasteiger partial charge in [-0.3, -0.25) is 4.57 Å². The molecule has 0 saturated heterocycles. The number of furan rings is 1. The fourth-order valence-electron chi connectivity index (χ4n) is 7.72. The van der Waals surface area contributed by atoms with Crippen molar-refractivity contribution in [3.8, 4) is 34.4 Å². The number of para-hydroxylation sites is 4. The Morgan fingerprint density at radius 3 is 1.76 bits per heavy atom. The number of benzene rings is 7. The Labute approximate surface area is 291 Å². The zero-order chi connectivity index (χ0) is 33.5. The first kappa shape index (κ1) is 27.9. The number of fused-ring (bicyclic) bond motifs is 10.